The maximum absolute atomic E-state index is 12.9. The van der Waals surface area contributed by atoms with E-state index in [0.29, 0.717) is 5.78 Å². The monoisotopic (exact) mass is 256 g/mol. The highest BCUT2D eigenvalue weighted by molar-refractivity contribution is 5.95. The molecule has 4 saturated heterocycles. The van der Waals surface area contributed by atoms with Crippen LogP contribution in [0.25, 0.3) is 0 Å². The van der Waals surface area contributed by atoms with Crippen molar-refractivity contribution in [3.8, 4) is 0 Å². The number of Topliss-reactive ketones (excluding diaryl/α,β-unsaturated/α-hetero) is 1. The summed E-state index contributed by atoms with van der Waals surface area (Å²) < 4.78 is 0. The van der Waals surface area contributed by atoms with E-state index in [-0.39, 0.29) is 11.3 Å². The van der Waals surface area contributed by atoms with Crippen LogP contribution in [0.4, 0.5) is 0 Å². The number of fused-ring (bicyclic) bond motifs is 1. The molecule has 1 aromatic carbocycles. The molecule has 0 radical (unpaired) electrons. The smallest absolute Gasteiger partial charge is 0.151 e. The molecule has 3 nitrogen and oxygen atoms in total. The molecule has 0 amide bonds. The number of hydrogen-bond acceptors (Lipinski definition) is 3. The van der Waals surface area contributed by atoms with Crippen molar-refractivity contribution in [3.05, 3.63) is 35.4 Å². The minimum absolute atomic E-state index is 0.226. The van der Waals surface area contributed by atoms with Crippen LogP contribution in [0.15, 0.2) is 24.3 Å². The van der Waals surface area contributed by atoms with Gasteiger partial charge in [0.1, 0.15) is 0 Å². The first kappa shape index (κ1) is 11.6. The fraction of sp³-hybridized carbons (Fsp3) is 0.562. The molecule has 2 unspecified atom stereocenters. The fourth-order valence-corrected chi connectivity index (χ4v) is 4.37. The topological polar surface area (TPSA) is 23.6 Å². The van der Waals surface area contributed by atoms with E-state index in [4.69, 9.17) is 0 Å². The van der Waals surface area contributed by atoms with Crippen LogP contribution in [0.5, 0.6) is 0 Å². The SMILES string of the molecule is Cc1ccccc1C12CN3CCN(CC(C3)C1=O)C2. The van der Waals surface area contributed by atoms with Gasteiger partial charge in [0.25, 0.3) is 0 Å². The molecule has 4 heterocycles. The summed E-state index contributed by atoms with van der Waals surface area (Å²) in [4.78, 5) is 18.0. The van der Waals surface area contributed by atoms with E-state index in [1.165, 1.54) is 11.1 Å². The van der Waals surface area contributed by atoms with E-state index in [9.17, 15) is 4.79 Å². The highest BCUT2D eigenvalue weighted by Gasteiger charge is 2.54. The predicted octanol–water partition coefficient (Wildman–Crippen LogP) is 1.06. The first-order valence-corrected chi connectivity index (χ1v) is 7.24. The van der Waals surface area contributed by atoms with Crippen LogP contribution >= 0.6 is 0 Å². The summed E-state index contributed by atoms with van der Waals surface area (Å²) in [5.74, 6) is 0.723. The first-order valence-electron chi connectivity index (χ1n) is 7.24. The van der Waals surface area contributed by atoms with Gasteiger partial charge in [0.05, 0.1) is 5.41 Å². The predicted molar refractivity (Wildman–Crippen MR) is 74.2 cm³/mol. The third kappa shape index (κ3) is 1.55. The number of hydrogen-bond donors (Lipinski definition) is 0. The molecule has 3 heteroatoms. The highest BCUT2D eigenvalue weighted by atomic mass is 16.1. The van der Waals surface area contributed by atoms with E-state index in [0.717, 1.165) is 39.3 Å². The maximum atomic E-state index is 12.9. The molecule has 0 saturated carbocycles. The van der Waals surface area contributed by atoms with Crippen molar-refractivity contribution < 1.29 is 4.79 Å². The number of piperidine rings is 2. The zero-order valence-corrected chi connectivity index (χ0v) is 11.4. The van der Waals surface area contributed by atoms with Crippen molar-refractivity contribution >= 4 is 5.78 Å². The molecule has 0 aliphatic carbocycles. The Bertz CT molecular complexity index is 523. The number of aryl methyl sites for hydroxylation is 1. The Morgan fingerprint density at radius 3 is 2.37 bits per heavy atom. The van der Waals surface area contributed by atoms with E-state index in [2.05, 4.69) is 41.0 Å². The zero-order valence-electron chi connectivity index (χ0n) is 11.4. The minimum atomic E-state index is -0.261. The van der Waals surface area contributed by atoms with Gasteiger partial charge in [0.2, 0.25) is 0 Å². The van der Waals surface area contributed by atoms with E-state index < -0.39 is 0 Å². The summed E-state index contributed by atoms with van der Waals surface area (Å²) >= 11 is 0. The lowest BCUT2D eigenvalue weighted by atomic mass is 9.66. The maximum Gasteiger partial charge on any atom is 0.151 e. The van der Waals surface area contributed by atoms with Crippen LogP contribution in [-0.2, 0) is 10.2 Å². The van der Waals surface area contributed by atoms with Gasteiger partial charge in [0.15, 0.2) is 5.78 Å². The Kier molecular flexibility index (Phi) is 2.39. The quantitative estimate of drug-likeness (QED) is 0.751. The van der Waals surface area contributed by atoms with Gasteiger partial charge in [-0.05, 0) is 18.1 Å². The van der Waals surface area contributed by atoms with Crippen molar-refractivity contribution in [1.82, 2.24) is 9.80 Å². The van der Waals surface area contributed by atoms with E-state index in [1.54, 1.807) is 0 Å². The highest BCUT2D eigenvalue weighted by Crippen LogP contribution is 2.41. The molecular weight excluding hydrogens is 236 g/mol. The standard InChI is InChI=1S/C16H20N2O/c1-12-4-2-3-5-14(12)16-10-17-6-7-18(11-16)9-13(8-17)15(16)19/h2-5,13H,6-11H2,1H3. The van der Waals surface area contributed by atoms with Crippen molar-refractivity contribution in [3.63, 3.8) is 0 Å². The van der Waals surface area contributed by atoms with Gasteiger partial charge in [-0.2, -0.15) is 0 Å². The van der Waals surface area contributed by atoms with E-state index >= 15 is 0 Å². The Morgan fingerprint density at radius 1 is 1.11 bits per heavy atom. The lowest BCUT2D eigenvalue weighted by molar-refractivity contribution is -0.137. The largest absolute Gasteiger partial charge is 0.300 e. The van der Waals surface area contributed by atoms with Crippen LogP contribution in [0.3, 0.4) is 0 Å². The molecular formula is C16H20N2O. The summed E-state index contributed by atoms with van der Waals surface area (Å²) in [7, 11) is 0. The van der Waals surface area contributed by atoms with Crippen LogP contribution in [-0.4, -0.2) is 54.9 Å². The van der Waals surface area contributed by atoms with Gasteiger partial charge in [-0.1, -0.05) is 24.3 Å². The minimum Gasteiger partial charge on any atom is -0.300 e. The van der Waals surface area contributed by atoms with Crippen molar-refractivity contribution in [2.45, 2.75) is 12.3 Å². The summed E-state index contributed by atoms with van der Waals surface area (Å²) in [5, 5.41) is 0. The average Bonchev–Trinajstić information content (AvgIpc) is 2.64. The molecule has 4 fully saturated rings. The van der Waals surface area contributed by atoms with Crippen LogP contribution in [0, 0.1) is 12.8 Å². The van der Waals surface area contributed by atoms with Gasteiger partial charge < -0.3 is 0 Å². The number of carbonyl (C=O) groups excluding carboxylic acids is 1. The zero-order chi connectivity index (χ0) is 13.0. The summed E-state index contributed by atoms with van der Waals surface area (Å²) in [5.41, 5.74) is 2.27. The van der Waals surface area contributed by atoms with Crippen LogP contribution in [0.2, 0.25) is 0 Å². The number of ketones is 1. The fourth-order valence-electron chi connectivity index (χ4n) is 4.37. The molecule has 19 heavy (non-hydrogen) atoms. The van der Waals surface area contributed by atoms with Gasteiger partial charge in [-0.25, -0.2) is 0 Å². The molecule has 1 aromatic rings. The number of nitrogens with zero attached hydrogens (tertiary/aromatic N) is 2. The summed E-state index contributed by atoms with van der Waals surface area (Å²) in [6.07, 6.45) is 0. The third-order valence-corrected chi connectivity index (χ3v) is 5.18. The van der Waals surface area contributed by atoms with E-state index in [1.807, 2.05) is 0 Å². The van der Waals surface area contributed by atoms with Gasteiger partial charge >= 0.3 is 0 Å². The van der Waals surface area contributed by atoms with Gasteiger partial charge in [-0.3, -0.25) is 14.6 Å². The molecule has 4 bridgehead atoms. The second-order valence-electron chi connectivity index (χ2n) is 6.43. The Balaban J connectivity index is 1.88. The molecule has 0 spiro atoms. The Morgan fingerprint density at radius 2 is 1.74 bits per heavy atom. The van der Waals surface area contributed by atoms with Crippen LogP contribution < -0.4 is 0 Å². The molecule has 100 valence electrons. The van der Waals surface area contributed by atoms with Gasteiger partial charge in [0, 0.05) is 45.2 Å². The summed E-state index contributed by atoms with van der Waals surface area (Å²) in [6.45, 7) is 8.18. The lowest BCUT2D eigenvalue weighted by Gasteiger charge is -2.49. The molecule has 5 rings (SSSR count). The Labute approximate surface area is 114 Å². The first-order chi connectivity index (χ1) is 9.19. The third-order valence-electron chi connectivity index (χ3n) is 5.18. The molecule has 4 aliphatic rings. The normalized spacial score (nSPS) is 40.5. The number of rotatable bonds is 1. The van der Waals surface area contributed by atoms with Crippen molar-refractivity contribution in [2.24, 2.45) is 5.92 Å². The lowest BCUT2D eigenvalue weighted by Crippen LogP contribution is -2.63. The molecule has 4 aliphatic heterocycles. The molecule has 0 aromatic heterocycles. The Hall–Kier alpha value is -1.19. The molecule has 0 N–H and O–H groups in total. The van der Waals surface area contributed by atoms with Gasteiger partial charge in [-0.15, -0.1) is 0 Å². The number of benzene rings is 1. The second-order valence-corrected chi connectivity index (χ2v) is 6.43. The summed E-state index contributed by atoms with van der Waals surface area (Å²) in [6, 6.07) is 8.46. The second kappa shape index (κ2) is 3.90. The average molecular weight is 256 g/mol. The molecule has 2 atom stereocenters. The number of carbonyl (C=O) groups is 1. The van der Waals surface area contributed by atoms with Crippen molar-refractivity contribution in [1.29, 1.82) is 0 Å². The van der Waals surface area contributed by atoms with Crippen molar-refractivity contribution in [2.75, 3.05) is 39.3 Å². The van der Waals surface area contributed by atoms with Crippen LogP contribution in [0.1, 0.15) is 11.1 Å².